The molecule has 3 aromatic heterocycles. The standard InChI is InChI=1S/C16H18N2S2/c1-3-12-4-5-13(20-12)9-15(17-2)11-8-16-14(18-10-11)6-7-19-16/h4-8,10,15,17H,3,9H2,1-2H3. The van der Waals surface area contributed by atoms with Gasteiger partial charge in [-0.05, 0) is 48.7 Å². The number of thiophene rings is 2. The number of hydrogen-bond donors (Lipinski definition) is 1. The average molecular weight is 302 g/mol. The number of likely N-dealkylation sites (N-methyl/N-ethyl adjacent to an activating group) is 1. The molecule has 3 heterocycles. The van der Waals surface area contributed by atoms with Gasteiger partial charge in [0.15, 0.2) is 0 Å². The summed E-state index contributed by atoms with van der Waals surface area (Å²) < 4.78 is 1.27. The highest BCUT2D eigenvalue weighted by molar-refractivity contribution is 7.17. The predicted molar refractivity (Wildman–Crippen MR) is 88.8 cm³/mol. The van der Waals surface area contributed by atoms with Gasteiger partial charge in [-0.15, -0.1) is 22.7 Å². The van der Waals surface area contributed by atoms with Crippen LogP contribution in [-0.4, -0.2) is 12.0 Å². The van der Waals surface area contributed by atoms with Crippen molar-refractivity contribution in [1.82, 2.24) is 10.3 Å². The zero-order chi connectivity index (χ0) is 13.9. The Balaban J connectivity index is 1.84. The van der Waals surface area contributed by atoms with E-state index in [4.69, 9.17) is 0 Å². The van der Waals surface area contributed by atoms with Gasteiger partial charge in [-0.25, -0.2) is 0 Å². The van der Waals surface area contributed by atoms with Crippen LogP contribution in [0, 0.1) is 0 Å². The van der Waals surface area contributed by atoms with Crippen LogP contribution in [-0.2, 0) is 12.8 Å². The third-order valence-corrected chi connectivity index (χ3v) is 5.65. The van der Waals surface area contributed by atoms with Crippen LogP contribution in [0.2, 0.25) is 0 Å². The minimum Gasteiger partial charge on any atom is -0.313 e. The summed E-state index contributed by atoms with van der Waals surface area (Å²) in [5.74, 6) is 0. The molecule has 0 spiro atoms. The van der Waals surface area contributed by atoms with E-state index in [1.807, 2.05) is 24.6 Å². The zero-order valence-electron chi connectivity index (χ0n) is 11.7. The summed E-state index contributed by atoms with van der Waals surface area (Å²) in [6.45, 7) is 2.21. The number of aryl methyl sites for hydroxylation is 1. The normalized spacial score (nSPS) is 12.9. The molecule has 0 radical (unpaired) electrons. The molecule has 3 aromatic rings. The summed E-state index contributed by atoms with van der Waals surface area (Å²) >= 11 is 3.67. The molecule has 0 amide bonds. The van der Waals surface area contributed by atoms with Gasteiger partial charge in [0.1, 0.15) is 0 Å². The van der Waals surface area contributed by atoms with E-state index in [2.05, 4.69) is 46.9 Å². The van der Waals surface area contributed by atoms with Gasteiger partial charge in [0, 0.05) is 28.4 Å². The van der Waals surface area contributed by atoms with Crippen molar-refractivity contribution >= 4 is 32.9 Å². The molecule has 0 aliphatic heterocycles. The lowest BCUT2D eigenvalue weighted by molar-refractivity contribution is 0.595. The third-order valence-electron chi connectivity index (χ3n) is 3.55. The molecule has 2 nitrogen and oxygen atoms in total. The molecule has 0 saturated carbocycles. The van der Waals surface area contributed by atoms with Crippen LogP contribution in [0.15, 0.2) is 35.8 Å². The lowest BCUT2D eigenvalue weighted by atomic mass is 10.1. The molecule has 0 aromatic carbocycles. The Bertz CT molecular complexity index is 699. The topological polar surface area (TPSA) is 24.9 Å². The maximum Gasteiger partial charge on any atom is 0.0809 e. The first-order valence-electron chi connectivity index (χ1n) is 6.88. The molecule has 1 N–H and O–H groups in total. The van der Waals surface area contributed by atoms with Crippen LogP contribution in [0.4, 0.5) is 0 Å². The van der Waals surface area contributed by atoms with Crippen LogP contribution in [0.25, 0.3) is 10.2 Å². The van der Waals surface area contributed by atoms with Crippen LogP contribution < -0.4 is 5.32 Å². The Morgan fingerprint density at radius 2 is 2.10 bits per heavy atom. The Labute approximate surface area is 127 Å². The minimum absolute atomic E-state index is 0.331. The van der Waals surface area contributed by atoms with Gasteiger partial charge in [-0.1, -0.05) is 6.92 Å². The Kier molecular flexibility index (Phi) is 4.15. The number of pyridine rings is 1. The molecular formula is C16H18N2S2. The maximum absolute atomic E-state index is 4.55. The molecule has 0 fully saturated rings. The highest BCUT2D eigenvalue weighted by Gasteiger charge is 2.13. The average Bonchev–Trinajstić information content (AvgIpc) is 3.12. The molecule has 104 valence electrons. The Morgan fingerprint density at radius 3 is 2.85 bits per heavy atom. The molecule has 1 atom stereocenters. The van der Waals surface area contributed by atoms with Gasteiger partial charge < -0.3 is 5.32 Å². The maximum atomic E-state index is 4.55. The van der Waals surface area contributed by atoms with Crippen LogP contribution in [0.3, 0.4) is 0 Å². The molecule has 1 unspecified atom stereocenters. The van der Waals surface area contributed by atoms with Crippen molar-refractivity contribution in [3.63, 3.8) is 0 Å². The second-order valence-corrected chi connectivity index (χ2v) is 7.04. The van der Waals surface area contributed by atoms with E-state index in [0.717, 1.165) is 18.4 Å². The van der Waals surface area contributed by atoms with Gasteiger partial charge in [0.05, 0.1) is 10.2 Å². The summed E-state index contributed by atoms with van der Waals surface area (Å²) in [6, 6.07) is 9.17. The van der Waals surface area contributed by atoms with E-state index in [-0.39, 0.29) is 0 Å². The molecule has 0 bridgehead atoms. The van der Waals surface area contributed by atoms with Crippen molar-refractivity contribution in [2.45, 2.75) is 25.8 Å². The summed E-state index contributed by atoms with van der Waals surface area (Å²) in [5, 5.41) is 5.52. The highest BCUT2D eigenvalue weighted by Crippen LogP contribution is 2.27. The largest absolute Gasteiger partial charge is 0.313 e. The summed E-state index contributed by atoms with van der Waals surface area (Å²) in [7, 11) is 2.03. The second-order valence-electron chi connectivity index (χ2n) is 4.84. The summed E-state index contributed by atoms with van der Waals surface area (Å²) in [6.07, 6.45) is 4.15. The summed E-state index contributed by atoms with van der Waals surface area (Å²) in [4.78, 5) is 7.44. The van der Waals surface area contributed by atoms with E-state index < -0.39 is 0 Å². The minimum atomic E-state index is 0.331. The predicted octanol–water partition coefficient (Wildman–Crippen LogP) is 4.42. The van der Waals surface area contributed by atoms with Gasteiger partial charge in [-0.3, -0.25) is 4.98 Å². The molecule has 0 aliphatic carbocycles. The molecule has 4 heteroatoms. The lowest BCUT2D eigenvalue weighted by Gasteiger charge is -2.15. The molecule has 3 rings (SSSR count). The highest BCUT2D eigenvalue weighted by atomic mass is 32.1. The summed E-state index contributed by atoms with van der Waals surface area (Å²) in [5.41, 5.74) is 2.37. The number of nitrogens with one attached hydrogen (secondary N) is 1. The molecule has 0 aliphatic rings. The van der Waals surface area contributed by atoms with Crippen molar-refractivity contribution in [3.8, 4) is 0 Å². The van der Waals surface area contributed by atoms with Crippen molar-refractivity contribution in [2.75, 3.05) is 7.05 Å². The van der Waals surface area contributed by atoms with Crippen LogP contribution in [0.1, 0.15) is 28.3 Å². The fourth-order valence-electron chi connectivity index (χ4n) is 2.36. The third kappa shape index (κ3) is 2.77. The van der Waals surface area contributed by atoms with Crippen molar-refractivity contribution in [3.05, 3.63) is 51.2 Å². The first-order chi connectivity index (χ1) is 9.80. The fourth-order valence-corrected chi connectivity index (χ4v) is 4.15. The number of fused-ring (bicyclic) bond motifs is 1. The number of hydrogen-bond acceptors (Lipinski definition) is 4. The number of rotatable bonds is 5. The van der Waals surface area contributed by atoms with E-state index in [9.17, 15) is 0 Å². The molecular weight excluding hydrogens is 284 g/mol. The smallest absolute Gasteiger partial charge is 0.0809 e. The van der Waals surface area contributed by atoms with Gasteiger partial charge in [0.2, 0.25) is 0 Å². The van der Waals surface area contributed by atoms with Crippen LogP contribution >= 0.6 is 22.7 Å². The SMILES string of the molecule is CCc1ccc(CC(NC)c2cnc3ccsc3c2)s1. The Hall–Kier alpha value is -1.23. The molecule has 0 saturated heterocycles. The van der Waals surface area contributed by atoms with Gasteiger partial charge in [-0.2, -0.15) is 0 Å². The Morgan fingerprint density at radius 1 is 1.25 bits per heavy atom. The van der Waals surface area contributed by atoms with E-state index in [1.165, 1.54) is 20.0 Å². The number of aromatic nitrogens is 1. The van der Waals surface area contributed by atoms with Gasteiger partial charge >= 0.3 is 0 Å². The monoisotopic (exact) mass is 302 g/mol. The second kappa shape index (κ2) is 6.04. The van der Waals surface area contributed by atoms with E-state index in [1.54, 1.807) is 11.3 Å². The first-order valence-corrected chi connectivity index (χ1v) is 8.57. The van der Waals surface area contributed by atoms with E-state index >= 15 is 0 Å². The zero-order valence-corrected chi connectivity index (χ0v) is 13.4. The van der Waals surface area contributed by atoms with Crippen molar-refractivity contribution < 1.29 is 0 Å². The quantitative estimate of drug-likeness (QED) is 0.754. The van der Waals surface area contributed by atoms with Crippen molar-refractivity contribution in [2.24, 2.45) is 0 Å². The van der Waals surface area contributed by atoms with Crippen LogP contribution in [0.5, 0.6) is 0 Å². The lowest BCUT2D eigenvalue weighted by Crippen LogP contribution is -2.18. The number of nitrogens with zero attached hydrogens (tertiary/aromatic N) is 1. The van der Waals surface area contributed by atoms with E-state index in [0.29, 0.717) is 6.04 Å². The molecule has 20 heavy (non-hydrogen) atoms. The van der Waals surface area contributed by atoms with Gasteiger partial charge in [0.25, 0.3) is 0 Å². The van der Waals surface area contributed by atoms with Crippen molar-refractivity contribution in [1.29, 1.82) is 0 Å². The first kappa shape index (κ1) is 13.7. The fraction of sp³-hybridized carbons (Fsp3) is 0.312.